The molecule has 0 saturated heterocycles. The molecule has 16 heavy (non-hydrogen) atoms. The van der Waals surface area contributed by atoms with Crippen molar-refractivity contribution >= 4 is 21.9 Å². The number of aromatic carboxylic acids is 1. The van der Waals surface area contributed by atoms with Crippen molar-refractivity contribution in [1.82, 2.24) is 5.32 Å². The Balaban J connectivity index is 2.93. The quantitative estimate of drug-likeness (QED) is 0.659. The van der Waals surface area contributed by atoms with E-state index in [0.717, 1.165) is 11.0 Å². The van der Waals surface area contributed by atoms with Gasteiger partial charge in [0.1, 0.15) is 0 Å². The number of nitrogens with one attached hydrogen (secondary N) is 1. The summed E-state index contributed by atoms with van der Waals surface area (Å²) in [4.78, 5) is 11.0. The van der Waals surface area contributed by atoms with E-state index >= 15 is 0 Å². The molecule has 0 atom stereocenters. The van der Waals surface area contributed by atoms with Crippen molar-refractivity contribution in [2.24, 2.45) is 0 Å². The Bertz CT molecular complexity index is 446. The minimum Gasteiger partial charge on any atom is -0.478 e. The summed E-state index contributed by atoms with van der Waals surface area (Å²) in [5.74, 6) is 4.83. The molecular formula is C12H12BrNO2. The maximum Gasteiger partial charge on any atom is 0.337 e. The van der Waals surface area contributed by atoms with Crippen LogP contribution in [0.15, 0.2) is 22.7 Å². The van der Waals surface area contributed by atoms with Crippen LogP contribution in [0, 0.1) is 11.8 Å². The summed E-state index contributed by atoms with van der Waals surface area (Å²) in [6.07, 6.45) is 0.700. The molecular weight excluding hydrogens is 270 g/mol. The van der Waals surface area contributed by atoms with Crippen LogP contribution in [0.5, 0.6) is 0 Å². The van der Waals surface area contributed by atoms with Gasteiger partial charge < -0.3 is 10.4 Å². The van der Waals surface area contributed by atoms with Crippen LogP contribution in [0.25, 0.3) is 0 Å². The minimum absolute atomic E-state index is 0.228. The Hall–Kier alpha value is -1.31. The first-order chi connectivity index (χ1) is 7.65. The smallest absolute Gasteiger partial charge is 0.337 e. The van der Waals surface area contributed by atoms with Gasteiger partial charge in [-0.25, -0.2) is 4.79 Å². The molecule has 1 aromatic rings. The normalized spacial score (nSPS) is 9.38. The van der Waals surface area contributed by atoms with Crippen molar-refractivity contribution < 1.29 is 9.90 Å². The number of carbonyl (C=O) groups is 1. The van der Waals surface area contributed by atoms with Crippen molar-refractivity contribution in [3.8, 4) is 11.8 Å². The highest BCUT2D eigenvalue weighted by molar-refractivity contribution is 9.10. The molecule has 0 aromatic heterocycles. The van der Waals surface area contributed by atoms with Crippen molar-refractivity contribution in [1.29, 1.82) is 0 Å². The van der Waals surface area contributed by atoms with E-state index in [4.69, 9.17) is 5.11 Å². The molecule has 3 nitrogen and oxygen atoms in total. The van der Waals surface area contributed by atoms with Gasteiger partial charge >= 0.3 is 5.97 Å². The summed E-state index contributed by atoms with van der Waals surface area (Å²) >= 11 is 3.24. The molecule has 0 spiro atoms. The van der Waals surface area contributed by atoms with Gasteiger partial charge in [0.15, 0.2) is 0 Å². The predicted octanol–water partition coefficient (Wildman–Crippen LogP) is 2.11. The summed E-state index contributed by atoms with van der Waals surface area (Å²) in [6, 6.07) is 5.05. The third-order valence-corrected chi connectivity index (χ3v) is 2.43. The van der Waals surface area contributed by atoms with Crippen LogP contribution in [0.4, 0.5) is 0 Å². The topological polar surface area (TPSA) is 49.3 Å². The lowest BCUT2D eigenvalue weighted by Gasteiger charge is -1.99. The first-order valence-electron chi connectivity index (χ1n) is 4.81. The van der Waals surface area contributed by atoms with E-state index in [0.29, 0.717) is 12.0 Å². The largest absolute Gasteiger partial charge is 0.478 e. The molecule has 0 amide bonds. The molecule has 0 fully saturated rings. The van der Waals surface area contributed by atoms with Crippen molar-refractivity contribution in [2.45, 2.75) is 6.42 Å². The first kappa shape index (κ1) is 12.8. The van der Waals surface area contributed by atoms with Crippen LogP contribution in [0.2, 0.25) is 0 Å². The van der Waals surface area contributed by atoms with E-state index in [1.165, 1.54) is 0 Å². The van der Waals surface area contributed by atoms with E-state index in [1.807, 2.05) is 7.05 Å². The Morgan fingerprint density at radius 2 is 2.31 bits per heavy atom. The molecule has 0 radical (unpaired) electrons. The maximum atomic E-state index is 11.0. The third kappa shape index (κ3) is 3.69. The van der Waals surface area contributed by atoms with Crippen molar-refractivity contribution in [2.75, 3.05) is 13.6 Å². The van der Waals surface area contributed by atoms with E-state index in [9.17, 15) is 4.79 Å². The van der Waals surface area contributed by atoms with E-state index in [-0.39, 0.29) is 5.56 Å². The fourth-order valence-electron chi connectivity index (χ4n) is 1.15. The zero-order chi connectivity index (χ0) is 12.0. The lowest BCUT2D eigenvalue weighted by atomic mass is 10.1. The number of carboxylic acid groups (broad SMARTS) is 1. The van der Waals surface area contributed by atoms with Gasteiger partial charge in [-0.05, 0) is 25.2 Å². The zero-order valence-corrected chi connectivity index (χ0v) is 10.5. The maximum absolute atomic E-state index is 11.0. The average molecular weight is 282 g/mol. The van der Waals surface area contributed by atoms with Crippen LogP contribution < -0.4 is 5.32 Å². The van der Waals surface area contributed by atoms with E-state index in [1.54, 1.807) is 18.2 Å². The fourth-order valence-corrected chi connectivity index (χ4v) is 1.51. The summed E-state index contributed by atoms with van der Waals surface area (Å²) in [6.45, 7) is 0.798. The van der Waals surface area contributed by atoms with Crippen LogP contribution in [-0.2, 0) is 0 Å². The fraction of sp³-hybridized carbons (Fsp3) is 0.250. The second-order valence-corrected chi connectivity index (χ2v) is 4.07. The van der Waals surface area contributed by atoms with Gasteiger partial charge in [-0.15, -0.1) is 0 Å². The van der Waals surface area contributed by atoms with Crippen LogP contribution >= 0.6 is 15.9 Å². The number of rotatable bonds is 3. The summed E-state index contributed by atoms with van der Waals surface area (Å²) < 4.78 is 0.741. The van der Waals surface area contributed by atoms with Gasteiger partial charge in [-0.2, -0.15) is 0 Å². The molecule has 0 aliphatic carbocycles. The molecule has 0 bridgehead atoms. The van der Waals surface area contributed by atoms with Crippen molar-refractivity contribution in [3.05, 3.63) is 33.8 Å². The van der Waals surface area contributed by atoms with Gasteiger partial charge in [-0.3, -0.25) is 0 Å². The van der Waals surface area contributed by atoms with Gasteiger partial charge in [0.2, 0.25) is 0 Å². The highest BCUT2D eigenvalue weighted by Gasteiger charge is 2.08. The highest BCUT2D eigenvalue weighted by Crippen LogP contribution is 2.16. The van der Waals surface area contributed by atoms with E-state index < -0.39 is 5.97 Å². The highest BCUT2D eigenvalue weighted by atomic mass is 79.9. The Kier molecular flexibility index (Phi) is 5.03. The molecule has 4 heteroatoms. The van der Waals surface area contributed by atoms with Crippen LogP contribution in [-0.4, -0.2) is 24.7 Å². The second-order valence-electron chi connectivity index (χ2n) is 3.15. The summed E-state index contributed by atoms with van der Waals surface area (Å²) in [5.41, 5.74) is 0.776. The number of hydrogen-bond donors (Lipinski definition) is 2. The standard InChI is InChI=1S/C12H12BrNO2/c1-14-7-3-2-4-9-5-6-10(13)8-11(9)12(15)16/h5-6,8,14H,3,7H2,1H3,(H,15,16). The lowest BCUT2D eigenvalue weighted by molar-refractivity contribution is 0.0696. The Morgan fingerprint density at radius 1 is 1.56 bits per heavy atom. The lowest BCUT2D eigenvalue weighted by Crippen LogP contribution is -2.06. The second kappa shape index (κ2) is 6.31. The minimum atomic E-state index is -0.959. The van der Waals surface area contributed by atoms with Crippen LogP contribution in [0.1, 0.15) is 22.3 Å². The number of hydrogen-bond acceptors (Lipinski definition) is 2. The summed E-state index contributed by atoms with van der Waals surface area (Å²) in [5, 5.41) is 12.0. The first-order valence-corrected chi connectivity index (χ1v) is 5.60. The molecule has 0 unspecified atom stereocenters. The number of halogens is 1. The van der Waals surface area contributed by atoms with Gasteiger partial charge in [0.05, 0.1) is 5.56 Å². The molecule has 1 rings (SSSR count). The van der Waals surface area contributed by atoms with E-state index in [2.05, 4.69) is 33.1 Å². The molecule has 0 aliphatic rings. The molecule has 0 aliphatic heterocycles. The van der Waals surface area contributed by atoms with Crippen LogP contribution in [0.3, 0.4) is 0 Å². The Labute approximate surface area is 103 Å². The van der Waals surface area contributed by atoms with Gasteiger partial charge in [-0.1, -0.05) is 27.8 Å². The monoisotopic (exact) mass is 281 g/mol. The number of carboxylic acids is 1. The van der Waals surface area contributed by atoms with Crippen molar-refractivity contribution in [3.63, 3.8) is 0 Å². The molecule has 0 heterocycles. The molecule has 84 valence electrons. The van der Waals surface area contributed by atoms with Gasteiger partial charge in [0.25, 0.3) is 0 Å². The number of benzene rings is 1. The summed E-state index contributed by atoms with van der Waals surface area (Å²) in [7, 11) is 1.85. The Morgan fingerprint density at radius 3 is 2.94 bits per heavy atom. The average Bonchev–Trinajstić information content (AvgIpc) is 2.26. The zero-order valence-electron chi connectivity index (χ0n) is 8.88. The molecule has 1 aromatic carbocycles. The molecule has 2 N–H and O–H groups in total. The molecule has 0 saturated carbocycles. The van der Waals surface area contributed by atoms with Gasteiger partial charge in [0, 0.05) is 23.0 Å². The SMILES string of the molecule is CNCCC#Cc1ccc(Br)cc1C(=O)O. The predicted molar refractivity (Wildman–Crippen MR) is 66.5 cm³/mol. The third-order valence-electron chi connectivity index (χ3n) is 1.94.